The van der Waals surface area contributed by atoms with E-state index in [9.17, 15) is 4.39 Å². The highest BCUT2D eigenvalue weighted by Crippen LogP contribution is 2.13. The first kappa shape index (κ1) is 12.3. The highest BCUT2D eigenvalue weighted by molar-refractivity contribution is 5.38. The van der Waals surface area contributed by atoms with Crippen LogP contribution in [-0.2, 0) is 13.1 Å². The minimum atomic E-state index is -0.313. The van der Waals surface area contributed by atoms with Gasteiger partial charge in [-0.3, -0.25) is 0 Å². The molecule has 0 amide bonds. The Morgan fingerprint density at radius 2 is 2.22 bits per heavy atom. The highest BCUT2D eigenvalue weighted by atomic mass is 19.1. The summed E-state index contributed by atoms with van der Waals surface area (Å²) < 4.78 is 15.1. The molecule has 2 rings (SSSR count). The number of hydrogen-bond acceptors (Lipinski definition) is 2. The summed E-state index contributed by atoms with van der Waals surface area (Å²) in [5, 5.41) is 12.1. The SMILES string of the molecule is CNCc1ccn(Cc2cc(F)ccc2C#N)c1. The first-order valence-electron chi connectivity index (χ1n) is 5.70. The molecule has 1 aromatic carbocycles. The van der Waals surface area contributed by atoms with E-state index in [1.54, 1.807) is 0 Å². The quantitative estimate of drug-likeness (QED) is 0.894. The van der Waals surface area contributed by atoms with Crippen molar-refractivity contribution in [2.45, 2.75) is 13.1 Å². The van der Waals surface area contributed by atoms with Crippen LogP contribution in [0.15, 0.2) is 36.7 Å². The molecule has 18 heavy (non-hydrogen) atoms. The van der Waals surface area contributed by atoms with Crippen LogP contribution in [0.5, 0.6) is 0 Å². The normalized spacial score (nSPS) is 10.3. The van der Waals surface area contributed by atoms with E-state index in [4.69, 9.17) is 5.26 Å². The fourth-order valence-corrected chi connectivity index (χ4v) is 1.90. The van der Waals surface area contributed by atoms with Crippen molar-refractivity contribution in [3.05, 3.63) is 59.2 Å². The lowest BCUT2D eigenvalue weighted by atomic mass is 10.1. The van der Waals surface area contributed by atoms with Crippen molar-refractivity contribution in [2.75, 3.05) is 7.05 Å². The second-order valence-corrected chi connectivity index (χ2v) is 4.14. The van der Waals surface area contributed by atoms with Crippen molar-refractivity contribution in [1.29, 1.82) is 5.26 Å². The molecule has 0 aliphatic carbocycles. The van der Waals surface area contributed by atoms with Crippen molar-refractivity contribution in [1.82, 2.24) is 9.88 Å². The van der Waals surface area contributed by atoms with Crippen LogP contribution in [0.2, 0.25) is 0 Å². The van der Waals surface area contributed by atoms with Gasteiger partial charge in [0.2, 0.25) is 0 Å². The second kappa shape index (κ2) is 5.48. The summed E-state index contributed by atoms with van der Waals surface area (Å²) in [4.78, 5) is 0. The Labute approximate surface area is 105 Å². The van der Waals surface area contributed by atoms with Crippen molar-refractivity contribution < 1.29 is 4.39 Å². The van der Waals surface area contributed by atoms with Gasteiger partial charge in [0, 0.05) is 25.5 Å². The third-order valence-corrected chi connectivity index (χ3v) is 2.73. The molecule has 0 aliphatic rings. The largest absolute Gasteiger partial charge is 0.350 e. The zero-order chi connectivity index (χ0) is 13.0. The first-order chi connectivity index (χ1) is 8.72. The average molecular weight is 243 g/mol. The van der Waals surface area contributed by atoms with Crippen molar-refractivity contribution >= 4 is 0 Å². The summed E-state index contributed by atoms with van der Waals surface area (Å²) in [6, 6.07) is 8.32. The molecule has 4 heteroatoms. The summed E-state index contributed by atoms with van der Waals surface area (Å²) in [7, 11) is 1.89. The van der Waals surface area contributed by atoms with Crippen LogP contribution >= 0.6 is 0 Å². The van der Waals surface area contributed by atoms with Crippen LogP contribution in [0.3, 0.4) is 0 Å². The Morgan fingerprint density at radius 1 is 1.39 bits per heavy atom. The molecule has 0 saturated carbocycles. The lowest BCUT2D eigenvalue weighted by Crippen LogP contribution is -2.04. The highest BCUT2D eigenvalue weighted by Gasteiger charge is 2.05. The fourth-order valence-electron chi connectivity index (χ4n) is 1.90. The van der Waals surface area contributed by atoms with Gasteiger partial charge in [0.15, 0.2) is 0 Å². The Bertz CT molecular complexity index is 581. The van der Waals surface area contributed by atoms with E-state index < -0.39 is 0 Å². The summed E-state index contributed by atoms with van der Waals surface area (Å²) in [5.41, 5.74) is 2.37. The Kier molecular flexibility index (Phi) is 3.75. The maximum atomic E-state index is 13.2. The molecule has 0 unspecified atom stereocenters. The molecule has 1 aromatic heterocycles. The van der Waals surface area contributed by atoms with Crippen LogP contribution in [0.25, 0.3) is 0 Å². The number of rotatable bonds is 4. The molecule has 1 heterocycles. The predicted molar refractivity (Wildman–Crippen MR) is 67.4 cm³/mol. The zero-order valence-corrected chi connectivity index (χ0v) is 10.2. The van der Waals surface area contributed by atoms with E-state index in [1.807, 2.05) is 30.1 Å². The molecule has 3 nitrogen and oxygen atoms in total. The molecule has 0 atom stereocenters. The Hall–Kier alpha value is -2.12. The predicted octanol–water partition coefficient (Wildman–Crippen LogP) is 2.27. The van der Waals surface area contributed by atoms with Gasteiger partial charge in [-0.15, -0.1) is 0 Å². The third-order valence-electron chi connectivity index (χ3n) is 2.73. The molecule has 2 aromatic rings. The van der Waals surface area contributed by atoms with Crippen molar-refractivity contribution in [3.63, 3.8) is 0 Å². The van der Waals surface area contributed by atoms with Crippen molar-refractivity contribution in [3.8, 4) is 6.07 Å². The number of aromatic nitrogens is 1. The lowest BCUT2D eigenvalue weighted by Gasteiger charge is -2.05. The van der Waals surface area contributed by atoms with E-state index in [1.165, 1.54) is 18.2 Å². The van der Waals surface area contributed by atoms with E-state index in [-0.39, 0.29) is 5.82 Å². The maximum absolute atomic E-state index is 13.2. The van der Waals surface area contributed by atoms with Gasteiger partial charge >= 0.3 is 0 Å². The molecule has 1 N–H and O–H groups in total. The summed E-state index contributed by atoms with van der Waals surface area (Å²) >= 11 is 0. The topological polar surface area (TPSA) is 40.8 Å². The molecule has 92 valence electrons. The van der Waals surface area contributed by atoms with Gasteiger partial charge in [-0.1, -0.05) is 0 Å². The smallest absolute Gasteiger partial charge is 0.123 e. The Morgan fingerprint density at radius 3 is 2.94 bits per heavy atom. The standard InChI is InChI=1S/C14H14FN3/c1-17-8-11-4-5-18(9-11)10-13-6-14(15)3-2-12(13)7-16/h2-6,9,17H,8,10H2,1H3. The van der Waals surface area contributed by atoms with Crippen LogP contribution < -0.4 is 5.32 Å². The number of halogens is 1. The molecule has 0 radical (unpaired) electrons. The molecule has 0 aliphatic heterocycles. The number of nitrogens with one attached hydrogen (secondary N) is 1. The van der Waals surface area contributed by atoms with Crippen molar-refractivity contribution in [2.24, 2.45) is 0 Å². The van der Waals surface area contributed by atoms with Crippen LogP contribution in [-0.4, -0.2) is 11.6 Å². The monoisotopic (exact) mass is 243 g/mol. The summed E-state index contributed by atoms with van der Waals surface area (Å²) in [6.45, 7) is 1.30. The third kappa shape index (κ3) is 2.76. The molecular formula is C14H14FN3. The van der Waals surface area contributed by atoms with Gasteiger partial charge in [0.05, 0.1) is 11.6 Å². The number of hydrogen-bond donors (Lipinski definition) is 1. The number of nitriles is 1. The first-order valence-corrected chi connectivity index (χ1v) is 5.70. The Balaban J connectivity index is 2.22. The molecule has 0 bridgehead atoms. The molecule has 0 saturated heterocycles. The average Bonchev–Trinajstić information content (AvgIpc) is 2.77. The minimum absolute atomic E-state index is 0.313. The van der Waals surface area contributed by atoms with E-state index in [0.29, 0.717) is 17.7 Å². The summed E-state index contributed by atoms with van der Waals surface area (Å²) in [5.74, 6) is -0.313. The van der Waals surface area contributed by atoms with Gasteiger partial charge in [0.25, 0.3) is 0 Å². The van der Waals surface area contributed by atoms with Gasteiger partial charge in [-0.25, -0.2) is 4.39 Å². The lowest BCUT2D eigenvalue weighted by molar-refractivity contribution is 0.623. The fraction of sp³-hybridized carbons (Fsp3) is 0.214. The van der Waals surface area contributed by atoms with Crippen LogP contribution in [0, 0.1) is 17.1 Å². The van der Waals surface area contributed by atoms with E-state index >= 15 is 0 Å². The van der Waals surface area contributed by atoms with Gasteiger partial charge < -0.3 is 9.88 Å². The maximum Gasteiger partial charge on any atom is 0.123 e. The van der Waals surface area contributed by atoms with E-state index in [2.05, 4.69) is 11.4 Å². The van der Waals surface area contributed by atoms with Gasteiger partial charge in [-0.2, -0.15) is 5.26 Å². The van der Waals surface area contributed by atoms with E-state index in [0.717, 1.165) is 12.1 Å². The van der Waals surface area contributed by atoms with Crippen LogP contribution in [0.1, 0.15) is 16.7 Å². The molecular weight excluding hydrogens is 229 g/mol. The number of benzene rings is 1. The molecule has 0 spiro atoms. The minimum Gasteiger partial charge on any atom is -0.350 e. The summed E-state index contributed by atoms with van der Waals surface area (Å²) in [6.07, 6.45) is 3.92. The van der Waals surface area contributed by atoms with Gasteiger partial charge in [-0.05, 0) is 42.4 Å². The van der Waals surface area contributed by atoms with Crippen LogP contribution in [0.4, 0.5) is 4.39 Å². The second-order valence-electron chi connectivity index (χ2n) is 4.14. The number of nitrogens with zero attached hydrogens (tertiary/aromatic N) is 2. The zero-order valence-electron chi connectivity index (χ0n) is 10.2. The van der Waals surface area contributed by atoms with Gasteiger partial charge in [0.1, 0.15) is 5.82 Å². The molecule has 0 fully saturated rings.